The second-order valence-corrected chi connectivity index (χ2v) is 11.0. The molecule has 3 aromatic carbocycles. The number of nitrogens with zero attached hydrogens (tertiary/aromatic N) is 1. The lowest BCUT2D eigenvalue weighted by atomic mass is 9.99. The highest BCUT2D eigenvalue weighted by atomic mass is 32.2. The van der Waals surface area contributed by atoms with Crippen LogP contribution >= 0.6 is 11.8 Å². The van der Waals surface area contributed by atoms with E-state index in [1.165, 1.54) is 0 Å². The maximum Gasteiger partial charge on any atom is 0.356 e. The molecule has 0 spiro atoms. The Morgan fingerprint density at radius 3 is 2.05 bits per heavy atom. The SMILES string of the molecule is O=C(Cc1ccccc1)N[C@@H]1C(=O)N2C(C(=O)OC(c3ccccc3)c3ccccc3)=C(C3CC3)CS[C@H]12. The fraction of sp³-hybridized carbons (Fsp3) is 0.258. The Labute approximate surface area is 226 Å². The molecule has 6 nitrogen and oxygen atoms in total. The summed E-state index contributed by atoms with van der Waals surface area (Å²) in [5.41, 5.74) is 3.97. The Hall–Kier alpha value is -3.84. The molecule has 3 aliphatic rings. The van der Waals surface area contributed by atoms with Crippen molar-refractivity contribution in [3.8, 4) is 0 Å². The van der Waals surface area contributed by atoms with E-state index < -0.39 is 18.1 Å². The minimum Gasteiger partial charge on any atom is -0.448 e. The van der Waals surface area contributed by atoms with Gasteiger partial charge in [0.1, 0.15) is 17.1 Å². The Morgan fingerprint density at radius 1 is 0.895 bits per heavy atom. The van der Waals surface area contributed by atoms with Crippen LogP contribution in [0.3, 0.4) is 0 Å². The van der Waals surface area contributed by atoms with Crippen LogP contribution in [0.5, 0.6) is 0 Å². The number of β-lactam (4-membered cyclic amide) rings is 1. The molecular weight excluding hydrogens is 496 g/mol. The fourth-order valence-electron chi connectivity index (χ4n) is 5.13. The molecule has 1 N–H and O–H groups in total. The van der Waals surface area contributed by atoms with Gasteiger partial charge in [-0.15, -0.1) is 11.8 Å². The number of ether oxygens (including phenoxy) is 1. The molecule has 2 heterocycles. The normalized spacial score (nSPS) is 20.6. The Balaban J connectivity index is 1.23. The Morgan fingerprint density at radius 2 is 1.47 bits per heavy atom. The minimum atomic E-state index is -0.654. The van der Waals surface area contributed by atoms with E-state index in [2.05, 4.69) is 5.32 Å². The van der Waals surface area contributed by atoms with Gasteiger partial charge in [-0.2, -0.15) is 0 Å². The van der Waals surface area contributed by atoms with E-state index in [-0.39, 0.29) is 23.6 Å². The number of amides is 2. The quantitative estimate of drug-likeness (QED) is 0.344. The van der Waals surface area contributed by atoms with Crippen molar-refractivity contribution in [3.05, 3.63) is 119 Å². The number of thioether (sulfide) groups is 1. The average Bonchev–Trinajstić information content (AvgIpc) is 3.81. The summed E-state index contributed by atoms with van der Waals surface area (Å²) in [7, 11) is 0. The molecule has 0 bridgehead atoms. The van der Waals surface area contributed by atoms with Gasteiger partial charge in [0, 0.05) is 5.75 Å². The molecule has 2 atom stereocenters. The first kappa shape index (κ1) is 24.5. The van der Waals surface area contributed by atoms with E-state index in [1.807, 2.05) is 91.0 Å². The molecule has 1 saturated carbocycles. The van der Waals surface area contributed by atoms with E-state index in [9.17, 15) is 14.4 Å². The average molecular weight is 525 g/mol. The lowest BCUT2D eigenvalue weighted by molar-refractivity contribution is -0.154. The van der Waals surface area contributed by atoms with Crippen LogP contribution in [0, 0.1) is 5.92 Å². The lowest BCUT2D eigenvalue weighted by Crippen LogP contribution is -2.70. The highest BCUT2D eigenvalue weighted by Gasteiger charge is 2.55. The molecule has 2 aliphatic heterocycles. The first-order chi connectivity index (χ1) is 18.6. The zero-order valence-corrected chi connectivity index (χ0v) is 21.6. The predicted molar refractivity (Wildman–Crippen MR) is 146 cm³/mol. The van der Waals surface area contributed by atoms with E-state index in [0.717, 1.165) is 35.1 Å². The second-order valence-electron chi connectivity index (χ2n) is 9.87. The molecule has 0 aromatic heterocycles. The van der Waals surface area contributed by atoms with Crippen molar-refractivity contribution in [2.45, 2.75) is 36.8 Å². The highest BCUT2D eigenvalue weighted by molar-refractivity contribution is 8.00. The summed E-state index contributed by atoms with van der Waals surface area (Å²) in [6, 6.07) is 28.1. The van der Waals surface area contributed by atoms with Gasteiger partial charge in [-0.25, -0.2) is 4.79 Å². The van der Waals surface area contributed by atoms with E-state index >= 15 is 0 Å². The van der Waals surface area contributed by atoms with Crippen molar-refractivity contribution in [3.63, 3.8) is 0 Å². The van der Waals surface area contributed by atoms with Crippen molar-refractivity contribution < 1.29 is 19.1 Å². The maximum atomic E-state index is 13.8. The molecule has 0 unspecified atom stereocenters. The number of carbonyl (C=O) groups excluding carboxylic acids is 3. The maximum absolute atomic E-state index is 13.8. The molecular formula is C31H28N2O4S. The number of fused-ring (bicyclic) bond motifs is 1. The molecule has 2 fully saturated rings. The van der Waals surface area contributed by atoms with Crippen LogP contribution in [-0.2, 0) is 25.5 Å². The zero-order chi connectivity index (χ0) is 26.1. The van der Waals surface area contributed by atoms with E-state index in [4.69, 9.17) is 4.74 Å². The summed E-state index contributed by atoms with van der Waals surface area (Å²) in [5, 5.41) is 2.58. The highest BCUT2D eigenvalue weighted by Crippen LogP contribution is 2.48. The van der Waals surface area contributed by atoms with Crippen molar-refractivity contribution in [1.82, 2.24) is 10.2 Å². The summed E-state index contributed by atoms with van der Waals surface area (Å²) in [5.74, 6) is -0.000747. The Kier molecular flexibility index (Phi) is 6.77. The van der Waals surface area contributed by atoms with Crippen molar-refractivity contribution in [1.29, 1.82) is 0 Å². The predicted octanol–water partition coefficient (Wildman–Crippen LogP) is 4.63. The van der Waals surface area contributed by atoms with Crippen molar-refractivity contribution in [2.75, 3.05) is 5.75 Å². The van der Waals surface area contributed by atoms with E-state index in [1.54, 1.807) is 16.7 Å². The van der Waals surface area contributed by atoms with Gasteiger partial charge < -0.3 is 10.1 Å². The molecule has 7 heteroatoms. The largest absolute Gasteiger partial charge is 0.448 e. The lowest BCUT2D eigenvalue weighted by Gasteiger charge is -2.50. The van der Waals surface area contributed by atoms with Crippen LogP contribution in [0.4, 0.5) is 0 Å². The van der Waals surface area contributed by atoms with Crippen LogP contribution in [0.15, 0.2) is 102 Å². The summed E-state index contributed by atoms with van der Waals surface area (Å²) < 4.78 is 6.18. The second kappa shape index (κ2) is 10.5. The molecule has 1 aliphatic carbocycles. The number of benzene rings is 3. The number of esters is 1. The third-order valence-corrected chi connectivity index (χ3v) is 8.52. The first-order valence-corrected chi connectivity index (χ1v) is 14.0. The topological polar surface area (TPSA) is 75.7 Å². The molecule has 2 amide bonds. The van der Waals surface area contributed by atoms with Gasteiger partial charge in [-0.05, 0) is 41.0 Å². The van der Waals surface area contributed by atoms with Crippen molar-refractivity contribution >= 4 is 29.5 Å². The van der Waals surface area contributed by atoms with Gasteiger partial charge in [0.25, 0.3) is 5.91 Å². The number of hydrogen-bond acceptors (Lipinski definition) is 5. The smallest absolute Gasteiger partial charge is 0.356 e. The molecule has 3 aromatic rings. The van der Waals surface area contributed by atoms with Crippen LogP contribution in [-0.4, -0.2) is 39.9 Å². The summed E-state index contributed by atoms with van der Waals surface area (Å²) >= 11 is 1.61. The van der Waals surface area contributed by atoms with Crippen molar-refractivity contribution in [2.24, 2.45) is 5.92 Å². The number of rotatable bonds is 8. The first-order valence-electron chi connectivity index (χ1n) is 12.9. The van der Waals surface area contributed by atoms with Gasteiger partial charge in [-0.1, -0.05) is 91.0 Å². The molecule has 1 saturated heterocycles. The van der Waals surface area contributed by atoms with Crippen LogP contribution in [0.2, 0.25) is 0 Å². The van der Waals surface area contributed by atoms with Crippen LogP contribution in [0.25, 0.3) is 0 Å². The molecule has 0 radical (unpaired) electrons. The summed E-state index contributed by atoms with van der Waals surface area (Å²) in [6.45, 7) is 0. The molecule has 6 rings (SSSR count). The molecule has 192 valence electrons. The Bertz CT molecular complexity index is 1330. The van der Waals surface area contributed by atoms with Gasteiger partial charge in [-0.3, -0.25) is 14.5 Å². The van der Waals surface area contributed by atoms with Gasteiger partial charge in [0.2, 0.25) is 5.91 Å². The minimum absolute atomic E-state index is 0.204. The third-order valence-electron chi connectivity index (χ3n) is 7.21. The fourth-order valence-corrected chi connectivity index (χ4v) is 6.59. The van der Waals surface area contributed by atoms with Crippen LogP contribution < -0.4 is 5.32 Å². The number of nitrogens with one attached hydrogen (secondary N) is 1. The standard InChI is InChI=1S/C31H28N2O4S/c34-25(18-20-10-4-1-5-11-20)32-26-29(35)33-27(24(21-16-17-21)19-38-30(26)33)31(36)37-28(22-12-6-2-7-13-22)23-14-8-3-9-15-23/h1-15,21,26,28,30H,16-19H2,(H,32,34)/t26-,30-/m1/s1. The van der Waals surface area contributed by atoms with Gasteiger partial charge >= 0.3 is 5.97 Å². The van der Waals surface area contributed by atoms with Gasteiger partial charge in [0.15, 0.2) is 6.10 Å². The monoisotopic (exact) mass is 524 g/mol. The number of hydrogen-bond donors (Lipinski definition) is 1. The number of carbonyl (C=O) groups is 3. The third kappa shape index (κ3) is 4.86. The summed E-state index contributed by atoms with van der Waals surface area (Å²) in [4.78, 5) is 41.5. The molecule has 38 heavy (non-hydrogen) atoms. The summed E-state index contributed by atoms with van der Waals surface area (Å²) in [6.07, 6.45) is 1.63. The van der Waals surface area contributed by atoms with Crippen LogP contribution in [0.1, 0.15) is 35.6 Å². The van der Waals surface area contributed by atoms with E-state index in [0.29, 0.717) is 17.4 Å². The zero-order valence-electron chi connectivity index (χ0n) is 20.8. The van der Waals surface area contributed by atoms with Gasteiger partial charge in [0.05, 0.1) is 6.42 Å².